The first-order valence-electron chi connectivity index (χ1n) is 11.1. The minimum atomic E-state index is -0.0219. The van der Waals surface area contributed by atoms with Crippen LogP contribution in [0.2, 0.25) is 5.02 Å². The Kier molecular flexibility index (Phi) is 6.24. The van der Waals surface area contributed by atoms with Gasteiger partial charge in [-0.25, -0.2) is 0 Å². The summed E-state index contributed by atoms with van der Waals surface area (Å²) in [5, 5.41) is 7.88. The van der Waals surface area contributed by atoms with E-state index in [-0.39, 0.29) is 11.9 Å². The number of nitrogens with one attached hydrogen (secondary N) is 1. The highest BCUT2D eigenvalue weighted by Crippen LogP contribution is 2.30. The normalized spacial score (nSPS) is 14.5. The summed E-state index contributed by atoms with van der Waals surface area (Å²) in [5.41, 5.74) is 4.64. The molecular weight excluding hydrogens is 432 g/mol. The molecule has 1 aromatic heterocycles. The number of amides is 1. The van der Waals surface area contributed by atoms with Crippen molar-refractivity contribution in [2.45, 2.75) is 6.04 Å². The number of aromatic nitrogens is 2. The smallest absolute Gasteiger partial charge is 0.271 e. The van der Waals surface area contributed by atoms with E-state index < -0.39 is 0 Å². The number of H-pyrrole nitrogens is 1. The fourth-order valence-electron chi connectivity index (χ4n) is 4.47. The van der Waals surface area contributed by atoms with Gasteiger partial charge < -0.3 is 4.90 Å². The van der Waals surface area contributed by atoms with Crippen LogP contribution in [0, 0.1) is 0 Å². The van der Waals surface area contributed by atoms with Gasteiger partial charge in [-0.15, -0.1) is 0 Å². The molecule has 0 unspecified atom stereocenters. The summed E-state index contributed by atoms with van der Waals surface area (Å²) in [6.07, 6.45) is 0. The van der Waals surface area contributed by atoms with Gasteiger partial charge in [0.15, 0.2) is 0 Å². The molecular formula is C27H25ClN4O. The summed E-state index contributed by atoms with van der Waals surface area (Å²) in [6, 6.07) is 30.6. The van der Waals surface area contributed by atoms with Crippen molar-refractivity contribution >= 4 is 17.5 Å². The maximum absolute atomic E-state index is 13.1. The van der Waals surface area contributed by atoms with E-state index in [1.54, 1.807) is 6.07 Å². The molecule has 6 heteroatoms. The van der Waals surface area contributed by atoms with Crippen molar-refractivity contribution in [2.24, 2.45) is 0 Å². The van der Waals surface area contributed by atoms with Crippen molar-refractivity contribution in [3.63, 3.8) is 0 Å². The second kappa shape index (κ2) is 9.61. The van der Waals surface area contributed by atoms with E-state index in [0.717, 1.165) is 18.7 Å². The van der Waals surface area contributed by atoms with Crippen LogP contribution in [0.15, 0.2) is 91.0 Å². The van der Waals surface area contributed by atoms with Crippen molar-refractivity contribution in [3.8, 4) is 11.3 Å². The summed E-state index contributed by atoms with van der Waals surface area (Å²) < 4.78 is 0. The minimum Gasteiger partial charge on any atom is -0.335 e. The number of hydrogen-bond donors (Lipinski definition) is 1. The predicted octanol–water partition coefficient (Wildman–Crippen LogP) is 5.28. The molecule has 1 N–H and O–H groups in total. The Morgan fingerprint density at radius 3 is 2.06 bits per heavy atom. The van der Waals surface area contributed by atoms with Gasteiger partial charge in [0.1, 0.15) is 5.69 Å². The number of rotatable bonds is 5. The first-order chi connectivity index (χ1) is 16.2. The molecule has 166 valence electrons. The van der Waals surface area contributed by atoms with Crippen molar-refractivity contribution < 1.29 is 4.79 Å². The molecule has 1 aliphatic rings. The lowest BCUT2D eigenvalue weighted by Gasteiger charge is -2.39. The Bertz CT molecular complexity index is 1180. The summed E-state index contributed by atoms with van der Waals surface area (Å²) in [7, 11) is 0. The van der Waals surface area contributed by atoms with Crippen molar-refractivity contribution in [1.29, 1.82) is 0 Å². The van der Waals surface area contributed by atoms with Gasteiger partial charge in [-0.2, -0.15) is 5.10 Å². The fraction of sp³-hybridized carbons (Fsp3) is 0.185. The van der Waals surface area contributed by atoms with E-state index >= 15 is 0 Å². The molecule has 1 aliphatic heterocycles. The maximum atomic E-state index is 13.1. The molecule has 3 aromatic carbocycles. The second-order valence-electron chi connectivity index (χ2n) is 8.23. The molecule has 0 bridgehead atoms. The SMILES string of the molecule is O=C(c1cc(-c2cccc(Cl)c2)n[nH]1)N1CCN(C(c2ccccc2)c2ccccc2)CC1. The molecule has 4 aromatic rings. The number of halogens is 1. The van der Waals surface area contributed by atoms with Gasteiger partial charge in [0.2, 0.25) is 0 Å². The van der Waals surface area contributed by atoms with Gasteiger partial charge in [0.25, 0.3) is 5.91 Å². The number of piperazine rings is 1. The zero-order valence-electron chi connectivity index (χ0n) is 18.2. The van der Waals surface area contributed by atoms with E-state index in [2.05, 4.69) is 63.6 Å². The maximum Gasteiger partial charge on any atom is 0.271 e. The monoisotopic (exact) mass is 456 g/mol. The number of carbonyl (C=O) groups is 1. The number of carbonyl (C=O) groups excluding carboxylic acids is 1. The van der Waals surface area contributed by atoms with E-state index in [0.29, 0.717) is 29.5 Å². The van der Waals surface area contributed by atoms with Crippen molar-refractivity contribution in [1.82, 2.24) is 20.0 Å². The van der Waals surface area contributed by atoms with Crippen molar-refractivity contribution in [2.75, 3.05) is 26.2 Å². The lowest BCUT2D eigenvalue weighted by molar-refractivity contribution is 0.0592. The van der Waals surface area contributed by atoms with Crippen LogP contribution in [0.3, 0.4) is 0 Å². The molecule has 0 atom stereocenters. The Morgan fingerprint density at radius 2 is 1.45 bits per heavy atom. The zero-order chi connectivity index (χ0) is 22.6. The van der Waals surface area contributed by atoms with Gasteiger partial charge in [-0.1, -0.05) is 84.4 Å². The Labute approximate surface area is 198 Å². The highest BCUT2D eigenvalue weighted by molar-refractivity contribution is 6.30. The summed E-state index contributed by atoms with van der Waals surface area (Å²) in [5.74, 6) is -0.0219. The van der Waals surface area contributed by atoms with Crippen LogP contribution in [0.5, 0.6) is 0 Å². The predicted molar refractivity (Wildman–Crippen MR) is 131 cm³/mol. The molecule has 2 heterocycles. The van der Waals surface area contributed by atoms with Gasteiger partial charge >= 0.3 is 0 Å². The second-order valence-corrected chi connectivity index (χ2v) is 8.67. The van der Waals surface area contributed by atoms with Gasteiger partial charge in [0, 0.05) is 36.8 Å². The number of benzene rings is 3. The molecule has 1 amide bonds. The fourth-order valence-corrected chi connectivity index (χ4v) is 4.66. The van der Waals surface area contributed by atoms with E-state index in [1.807, 2.05) is 41.3 Å². The molecule has 5 nitrogen and oxygen atoms in total. The van der Waals surface area contributed by atoms with Crippen LogP contribution in [-0.4, -0.2) is 52.1 Å². The topological polar surface area (TPSA) is 52.2 Å². The van der Waals surface area contributed by atoms with Gasteiger partial charge in [-0.05, 0) is 29.3 Å². The van der Waals surface area contributed by atoms with Crippen LogP contribution in [0.4, 0.5) is 0 Å². The summed E-state index contributed by atoms with van der Waals surface area (Å²) >= 11 is 6.10. The molecule has 5 rings (SSSR count). The van der Waals surface area contributed by atoms with Crippen LogP contribution >= 0.6 is 11.6 Å². The molecule has 0 radical (unpaired) electrons. The first-order valence-corrected chi connectivity index (χ1v) is 11.5. The Hall–Kier alpha value is -3.41. The summed E-state index contributed by atoms with van der Waals surface area (Å²) in [4.78, 5) is 17.5. The van der Waals surface area contributed by atoms with Crippen LogP contribution < -0.4 is 0 Å². The van der Waals surface area contributed by atoms with Crippen LogP contribution in [0.25, 0.3) is 11.3 Å². The molecule has 33 heavy (non-hydrogen) atoms. The van der Waals surface area contributed by atoms with Crippen LogP contribution in [0.1, 0.15) is 27.7 Å². The first kappa shape index (κ1) is 21.4. The average Bonchev–Trinajstić information content (AvgIpc) is 3.36. The highest BCUT2D eigenvalue weighted by Gasteiger charge is 2.29. The lowest BCUT2D eigenvalue weighted by Crippen LogP contribution is -2.50. The van der Waals surface area contributed by atoms with Crippen molar-refractivity contribution in [3.05, 3.63) is 113 Å². The quantitative estimate of drug-likeness (QED) is 0.444. The van der Waals surface area contributed by atoms with Gasteiger partial charge in [0.05, 0.1) is 11.7 Å². The summed E-state index contributed by atoms with van der Waals surface area (Å²) in [6.45, 7) is 2.94. The Balaban J connectivity index is 1.30. The van der Waals surface area contributed by atoms with Crippen LogP contribution in [-0.2, 0) is 0 Å². The van der Waals surface area contributed by atoms with E-state index in [1.165, 1.54) is 11.1 Å². The molecule has 1 fully saturated rings. The third kappa shape index (κ3) is 4.70. The molecule has 0 aliphatic carbocycles. The lowest BCUT2D eigenvalue weighted by atomic mass is 9.96. The zero-order valence-corrected chi connectivity index (χ0v) is 18.9. The largest absolute Gasteiger partial charge is 0.335 e. The highest BCUT2D eigenvalue weighted by atomic mass is 35.5. The number of nitrogens with zero attached hydrogens (tertiary/aromatic N) is 3. The number of aromatic amines is 1. The van der Waals surface area contributed by atoms with E-state index in [9.17, 15) is 4.79 Å². The molecule has 1 saturated heterocycles. The standard InChI is InChI=1S/C27H25ClN4O/c28-23-13-7-12-22(18-23)24-19-25(30-29-24)27(33)32-16-14-31(15-17-32)26(20-8-3-1-4-9-20)21-10-5-2-6-11-21/h1-13,18-19,26H,14-17H2,(H,29,30). The molecule has 0 spiro atoms. The number of hydrogen-bond acceptors (Lipinski definition) is 3. The minimum absolute atomic E-state index is 0.0219. The Morgan fingerprint density at radius 1 is 0.818 bits per heavy atom. The molecule has 0 saturated carbocycles. The van der Waals surface area contributed by atoms with Gasteiger partial charge in [-0.3, -0.25) is 14.8 Å². The average molecular weight is 457 g/mol. The third-order valence-corrected chi connectivity index (χ3v) is 6.36. The third-order valence-electron chi connectivity index (χ3n) is 6.13. The van der Waals surface area contributed by atoms with E-state index in [4.69, 9.17) is 11.6 Å².